The minimum absolute atomic E-state index is 0. The molecule has 0 amide bonds. The topological polar surface area (TPSA) is 49.4 Å². The van der Waals surface area contributed by atoms with Gasteiger partial charge >= 0.3 is 58.0 Å². The number of carbonyl (C=O) groups excluding carboxylic acids is 1. The second-order valence-corrected chi connectivity index (χ2v) is 1.61. The smallest absolute Gasteiger partial charge is 0.550 e. The van der Waals surface area contributed by atoms with E-state index in [0.717, 1.165) is 0 Å². The minimum Gasteiger partial charge on any atom is -0.550 e. The molecule has 0 aliphatic heterocycles. The number of carbonyl (C=O) groups is 1. The predicted octanol–water partition coefficient (Wildman–Crippen LogP) is -3.24. The Morgan fingerprint density at radius 1 is 1.55 bits per heavy atom. The molecule has 0 rings (SSSR count). The van der Waals surface area contributed by atoms with Crippen LogP contribution >= 0.6 is 0 Å². The molecular formula is C5H7F2KO3. The molecule has 3 nitrogen and oxygen atoms in total. The molecule has 0 saturated carbocycles. The Kier molecular flexibility index (Phi) is 11.8. The maximum absolute atomic E-state index is 11.2. The van der Waals surface area contributed by atoms with Crippen LogP contribution < -0.4 is 56.5 Å². The summed E-state index contributed by atoms with van der Waals surface area (Å²) in [6.07, 6.45) is -0.181. The number of halogens is 2. The van der Waals surface area contributed by atoms with E-state index in [-0.39, 0.29) is 70.8 Å². The van der Waals surface area contributed by atoms with Crippen LogP contribution in [0.4, 0.5) is 8.78 Å². The van der Waals surface area contributed by atoms with Gasteiger partial charge in [0.2, 0.25) is 0 Å². The van der Waals surface area contributed by atoms with Crippen molar-refractivity contribution in [1.82, 2.24) is 0 Å². The summed E-state index contributed by atoms with van der Waals surface area (Å²) >= 11 is 0. The summed E-state index contributed by atoms with van der Waals surface area (Å²) in [6, 6.07) is 0. The number of ether oxygens (including phenoxy) is 1. The molecule has 0 aliphatic carbocycles. The standard InChI is InChI=1S/C5H8F2O3.K/c6-5(7)10-3-1-2-4(8)9;/h5H,1-3H2,(H,8,9);/q;+1/p-1. The van der Waals surface area contributed by atoms with Gasteiger partial charge < -0.3 is 14.6 Å². The monoisotopic (exact) mass is 192 g/mol. The number of alkyl halides is 2. The average Bonchev–Trinajstić information content (AvgIpc) is 1.79. The molecule has 11 heavy (non-hydrogen) atoms. The summed E-state index contributed by atoms with van der Waals surface area (Å²) in [5.74, 6) is -1.25. The van der Waals surface area contributed by atoms with Crippen LogP contribution in [0.3, 0.4) is 0 Å². The van der Waals surface area contributed by atoms with Gasteiger partial charge in [-0.25, -0.2) is 0 Å². The third-order valence-electron chi connectivity index (χ3n) is 0.769. The molecule has 6 heteroatoms. The Morgan fingerprint density at radius 3 is 2.45 bits per heavy atom. The van der Waals surface area contributed by atoms with Crippen molar-refractivity contribution in [2.24, 2.45) is 0 Å². The van der Waals surface area contributed by atoms with Crippen LogP contribution in [0.25, 0.3) is 0 Å². The van der Waals surface area contributed by atoms with Crippen LogP contribution in [0.2, 0.25) is 0 Å². The molecule has 0 aliphatic rings. The first-order valence-corrected chi connectivity index (χ1v) is 2.72. The Bertz CT molecular complexity index is 110. The summed E-state index contributed by atoms with van der Waals surface area (Å²) in [7, 11) is 0. The molecule has 0 atom stereocenters. The molecule has 0 aromatic rings. The van der Waals surface area contributed by atoms with Crippen LogP contribution in [0.15, 0.2) is 0 Å². The van der Waals surface area contributed by atoms with Crippen molar-refractivity contribution in [1.29, 1.82) is 0 Å². The van der Waals surface area contributed by atoms with Crippen molar-refractivity contribution in [2.45, 2.75) is 19.5 Å². The van der Waals surface area contributed by atoms with Crippen LogP contribution in [-0.2, 0) is 9.53 Å². The molecule has 0 aromatic heterocycles. The zero-order valence-corrected chi connectivity index (χ0v) is 9.30. The van der Waals surface area contributed by atoms with Gasteiger partial charge in [-0.2, -0.15) is 8.78 Å². The molecular weight excluding hydrogens is 185 g/mol. The first-order valence-electron chi connectivity index (χ1n) is 2.72. The third-order valence-corrected chi connectivity index (χ3v) is 0.769. The predicted molar refractivity (Wildman–Crippen MR) is 26.2 cm³/mol. The quantitative estimate of drug-likeness (QED) is 0.340. The number of aliphatic carboxylic acids is 1. The molecule has 0 spiro atoms. The summed E-state index contributed by atoms with van der Waals surface area (Å²) in [5, 5.41) is 9.69. The van der Waals surface area contributed by atoms with Crippen molar-refractivity contribution in [3.05, 3.63) is 0 Å². The molecule has 0 bridgehead atoms. The Morgan fingerprint density at radius 2 is 2.09 bits per heavy atom. The van der Waals surface area contributed by atoms with Gasteiger partial charge in [-0.1, -0.05) is 0 Å². The molecule has 60 valence electrons. The Balaban J connectivity index is 0. The van der Waals surface area contributed by atoms with Gasteiger partial charge in [0.25, 0.3) is 0 Å². The molecule has 0 unspecified atom stereocenters. The van der Waals surface area contributed by atoms with Gasteiger partial charge in [0.05, 0.1) is 6.61 Å². The first kappa shape index (κ1) is 14.5. The fourth-order valence-corrected chi connectivity index (χ4v) is 0.389. The second-order valence-electron chi connectivity index (χ2n) is 1.61. The summed E-state index contributed by atoms with van der Waals surface area (Å²) in [4.78, 5) is 9.69. The number of hydrogen-bond acceptors (Lipinski definition) is 3. The largest absolute Gasteiger partial charge is 1.00 e. The van der Waals surface area contributed by atoms with Gasteiger partial charge in [0.15, 0.2) is 0 Å². The van der Waals surface area contributed by atoms with Crippen LogP contribution in [0.5, 0.6) is 0 Å². The van der Waals surface area contributed by atoms with Crippen LogP contribution in [0, 0.1) is 0 Å². The van der Waals surface area contributed by atoms with Gasteiger partial charge in [0.1, 0.15) is 0 Å². The van der Waals surface area contributed by atoms with Crippen molar-refractivity contribution < 1.29 is 74.8 Å². The van der Waals surface area contributed by atoms with Crippen molar-refractivity contribution in [3.63, 3.8) is 0 Å². The normalized spacial score (nSPS) is 9.36. The van der Waals surface area contributed by atoms with E-state index in [1.807, 2.05) is 0 Å². The molecule has 0 radical (unpaired) electrons. The average molecular weight is 192 g/mol. The second kappa shape index (κ2) is 9.02. The van der Waals surface area contributed by atoms with E-state index in [2.05, 4.69) is 4.74 Å². The van der Waals surface area contributed by atoms with E-state index in [0.29, 0.717) is 0 Å². The van der Waals surface area contributed by atoms with E-state index in [1.54, 1.807) is 0 Å². The molecule has 0 fully saturated rings. The molecule has 0 aromatic carbocycles. The van der Waals surface area contributed by atoms with E-state index in [4.69, 9.17) is 0 Å². The molecule has 0 saturated heterocycles. The van der Waals surface area contributed by atoms with Gasteiger partial charge in [0, 0.05) is 5.97 Å². The number of hydrogen-bond donors (Lipinski definition) is 0. The van der Waals surface area contributed by atoms with E-state index < -0.39 is 12.6 Å². The zero-order valence-electron chi connectivity index (χ0n) is 6.18. The fraction of sp³-hybridized carbons (Fsp3) is 0.800. The number of carboxylic acid groups (broad SMARTS) is 1. The van der Waals surface area contributed by atoms with Gasteiger partial charge in [-0.15, -0.1) is 0 Å². The van der Waals surface area contributed by atoms with Crippen molar-refractivity contribution >= 4 is 5.97 Å². The zero-order chi connectivity index (χ0) is 7.98. The van der Waals surface area contributed by atoms with Crippen molar-refractivity contribution in [3.8, 4) is 0 Å². The van der Waals surface area contributed by atoms with E-state index >= 15 is 0 Å². The van der Waals surface area contributed by atoms with Gasteiger partial charge in [-0.3, -0.25) is 0 Å². The van der Waals surface area contributed by atoms with E-state index in [1.165, 1.54) is 0 Å². The number of carboxylic acids is 1. The maximum atomic E-state index is 11.2. The first-order chi connectivity index (χ1) is 4.63. The van der Waals surface area contributed by atoms with Crippen LogP contribution in [0.1, 0.15) is 12.8 Å². The minimum atomic E-state index is -2.82. The Labute approximate surface area is 106 Å². The SMILES string of the molecule is O=C([O-])CCCOC(F)F.[K+]. The van der Waals surface area contributed by atoms with Gasteiger partial charge in [-0.05, 0) is 12.8 Å². The summed E-state index contributed by atoms with van der Waals surface area (Å²) < 4.78 is 26.1. The molecule has 0 heterocycles. The molecule has 0 N–H and O–H groups in total. The summed E-state index contributed by atoms with van der Waals surface area (Å²) in [6.45, 7) is -3.06. The fourth-order valence-electron chi connectivity index (χ4n) is 0.389. The Hall–Kier alpha value is 0.926. The summed E-state index contributed by atoms with van der Waals surface area (Å²) in [5.41, 5.74) is 0. The maximum Gasteiger partial charge on any atom is 1.00 e. The number of rotatable bonds is 5. The van der Waals surface area contributed by atoms with Crippen molar-refractivity contribution in [2.75, 3.05) is 6.61 Å². The van der Waals surface area contributed by atoms with Crippen LogP contribution in [-0.4, -0.2) is 19.2 Å². The third kappa shape index (κ3) is 13.9. The van der Waals surface area contributed by atoms with E-state index in [9.17, 15) is 18.7 Å².